The van der Waals surface area contributed by atoms with E-state index in [-0.39, 0.29) is 17.3 Å². The molecule has 0 bridgehead atoms. The van der Waals surface area contributed by atoms with Crippen molar-refractivity contribution in [2.24, 2.45) is 5.14 Å². The van der Waals surface area contributed by atoms with Crippen LogP contribution in [0, 0.1) is 0 Å². The number of aromatic nitrogens is 3. The number of rotatable bonds is 3. The van der Waals surface area contributed by atoms with Gasteiger partial charge in [-0.05, 0) is 26.7 Å². The summed E-state index contributed by atoms with van der Waals surface area (Å²) >= 11 is 0. The van der Waals surface area contributed by atoms with Crippen LogP contribution in [0.3, 0.4) is 0 Å². The molecule has 17 heavy (non-hydrogen) atoms. The van der Waals surface area contributed by atoms with Gasteiger partial charge in [0.15, 0.2) is 5.82 Å². The van der Waals surface area contributed by atoms with Crippen molar-refractivity contribution >= 4 is 10.0 Å². The molecular formula is C9H16N4O3S. The first-order valence-corrected chi connectivity index (χ1v) is 7.05. The van der Waals surface area contributed by atoms with Crippen LogP contribution in [-0.2, 0) is 14.8 Å². The summed E-state index contributed by atoms with van der Waals surface area (Å²) in [5, 5.41) is 12.5. The first-order valence-electron chi connectivity index (χ1n) is 5.50. The van der Waals surface area contributed by atoms with Crippen LogP contribution in [0.25, 0.3) is 0 Å². The molecule has 1 aliphatic rings. The lowest BCUT2D eigenvalue weighted by molar-refractivity contribution is 0.0999. The number of sulfonamides is 1. The number of nitrogens with zero attached hydrogens (tertiary/aromatic N) is 3. The van der Waals surface area contributed by atoms with Crippen LogP contribution < -0.4 is 5.14 Å². The molecular weight excluding hydrogens is 244 g/mol. The molecule has 96 valence electrons. The fourth-order valence-corrected chi connectivity index (χ4v) is 2.70. The SMILES string of the molecule is CC(C)n1c(C2CCCO2)nnc1S(N)(=O)=O. The maximum Gasteiger partial charge on any atom is 0.273 e. The number of nitrogens with two attached hydrogens (primary N) is 1. The van der Waals surface area contributed by atoms with E-state index in [1.165, 1.54) is 4.57 Å². The Kier molecular flexibility index (Phi) is 3.19. The molecule has 1 saturated heterocycles. The normalized spacial score (nSPS) is 21.3. The minimum absolute atomic E-state index is 0.0856. The molecule has 1 aromatic heterocycles. The average Bonchev–Trinajstić information content (AvgIpc) is 2.84. The van der Waals surface area contributed by atoms with Crippen molar-refractivity contribution in [3.05, 3.63) is 5.82 Å². The van der Waals surface area contributed by atoms with Crippen LogP contribution >= 0.6 is 0 Å². The lowest BCUT2D eigenvalue weighted by Gasteiger charge is -2.15. The summed E-state index contributed by atoms with van der Waals surface area (Å²) in [4.78, 5) is 0. The zero-order valence-corrected chi connectivity index (χ0v) is 10.6. The first kappa shape index (κ1) is 12.5. The highest BCUT2D eigenvalue weighted by Crippen LogP contribution is 2.29. The molecule has 8 heteroatoms. The third kappa shape index (κ3) is 2.33. The smallest absolute Gasteiger partial charge is 0.273 e. The van der Waals surface area contributed by atoms with Gasteiger partial charge in [-0.15, -0.1) is 10.2 Å². The largest absolute Gasteiger partial charge is 0.370 e. The second kappa shape index (κ2) is 4.35. The number of hydrogen-bond acceptors (Lipinski definition) is 5. The van der Waals surface area contributed by atoms with Crippen LogP contribution in [0.1, 0.15) is 44.7 Å². The summed E-state index contributed by atoms with van der Waals surface area (Å²) in [5.41, 5.74) is 0. The van der Waals surface area contributed by atoms with Crippen molar-refractivity contribution in [3.8, 4) is 0 Å². The molecule has 2 heterocycles. The molecule has 0 saturated carbocycles. The molecule has 0 spiro atoms. The molecule has 1 unspecified atom stereocenters. The number of ether oxygens (including phenoxy) is 1. The van der Waals surface area contributed by atoms with Gasteiger partial charge in [-0.3, -0.25) is 4.57 Å². The Balaban J connectivity index is 2.50. The predicted molar refractivity (Wildman–Crippen MR) is 59.7 cm³/mol. The van der Waals surface area contributed by atoms with Crippen molar-refractivity contribution < 1.29 is 13.2 Å². The van der Waals surface area contributed by atoms with Crippen molar-refractivity contribution in [2.75, 3.05) is 6.61 Å². The van der Waals surface area contributed by atoms with E-state index in [4.69, 9.17) is 9.88 Å². The fourth-order valence-electron chi connectivity index (χ4n) is 1.97. The van der Waals surface area contributed by atoms with E-state index in [1.807, 2.05) is 13.8 Å². The Bertz CT molecular complexity index is 502. The Hall–Kier alpha value is -0.990. The van der Waals surface area contributed by atoms with Crippen LogP contribution in [0.15, 0.2) is 5.16 Å². The summed E-state index contributed by atoms with van der Waals surface area (Å²) in [6.07, 6.45) is 1.59. The molecule has 7 nitrogen and oxygen atoms in total. The van der Waals surface area contributed by atoms with Gasteiger partial charge in [0.05, 0.1) is 0 Å². The monoisotopic (exact) mass is 260 g/mol. The highest BCUT2D eigenvalue weighted by atomic mass is 32.2. The third-order valence-corrected chi connectivity index (χ3v) is 3.47. The summed E-state index contributed by atoms with van der Waals surface area (Å²) in [7, 11) is -3.85. The number of primary sulfonamides is 1. The highest BCUT2D eigenvalue weighted by Gasteiger charge is 2.29. The second-order valence-electron chi connectivity index (χ2n) is 4.35. The summed E-state index contributed by atoms with van der Waals surface area (Å²) in [5.74, 6) is 0.543. The van der Waals surface area contributed by atoms with Gasteiger partial charge >= 0.3 is 0 Å². The Morgan fingerprint density at radius 2 is 2.18 bits per heavy atom. The highest BCUT2D eigenvalue weighted by molar-refractivity contribution is 7.89. The summed E-state index contributed by atoms with van der Waals surface area (Å²) < 4.78 is 29.8. The van der Waals surface area contributed by atoms with Gasteiger partial charge < -0.3 is 4.74 Å². The molecule has 1 fully saturated rings. The Morgan fingerprint density at radius 3 is 2.65 bits per heavy atom. The van der Waals surface area contributed by atoms with Gasteiger partial charge in [0.1, 0.15) is 6.10 Å². The van der Waals surface area contributed by atoms with E-state index in [9.17, 15) is 8.42 Å². The standard InChI is InChI=1S/C9H16N4O3S/c1-6(2)13-8(7-4-3-5-16-7)11-12-9(13)17(10,14)15/h6-7H,3-5H2,1-2H3,(H2,10,14,15). The van der Waals surface area contributed by atoms with E-state index < -0.39 is 10.0 Å². The van der Waals surface area contributed by atoms with Crippen LogP contribution in [0.5, 0.6) is 0 Å². The van der Waals surface area contributed by atoms with Crippen LogP contribution in [0.2, 0.25) is 0 Å². The molecule has 0 radical (unpaired) electrons. The topological polar surface area (TPSA) is 100 Å². The van der Waals surface area contributed by atoms with Crippen LogP contribution in [-0.4, -0.2) is 29.8 Å². The molecule has 1 atom stereocenters. The van der Waals surface area contributed by atoms with Gasteiger partial charge in [0, 0.05) is 12.6 Å². The average molecular weight is 260 g/mol. The molecule has 2 N–H and O–H groups in total. The lowest BCUT2D eigenvalue weighted by atomic mass is 10.2. The van der Waals surface area contributed by atoms with E-state index in [0.29, 0.717) is 12.4 Å². The predicted octanol–water partition coefficient (Wildman–Crippen LogP) is 0.358. The first-order chi connectivity index (χ1) is 7.91. The molecule has 1 aromatic rings. The van der Waals surface area contributed by atoms with Crippen molar-refractivity contribution in [3.63, 3.8) is 0 Å². The van der Waals surface area contributed by atoms with Gasteiger partial charge in [-0.1, -0.05) is 0 Å². The van der Waals surface area contributed by atoms with E-state index in [1.54, 1.807) is 0 Å². The zero-order valence-electron chi connectivity index (χ0n) is 9.83. The van der Waals surface area contributed by atoms with Crippen molar-refractivity contribution in [2.45, 2.75) is 44.0 Å². The van der Waals surface area contributed by atoms with E-state index in [2.05, 4.69) is 10.2 Å². The van der Waals surface area contributed by atoms with E-state index >= 15 is 0 Å². The minimum Gasteiger partial charge on any atom is -0.370 e. The minimum atomic E-state index is -3.85. The Labute approximate surface area is 100 Å². The molecule has 0 aliphatic carbocycles. The number of hydrogen-bond donors (Lipinski definition) is 1. The van der Waals surface area contributed by atoms with Gasteiger partial charge in [0.2, 0.25) is 0 Å². The van der Waals surface area contributed by atoms with E-state index in [0.717, 1.165) is 12.8 Å². The van der Waals surface area contributed by atoms with Crippen molar-refractivity contribution in [1.82, 2.24) is 14.8 Å². The summed E-state index contributed by atoms with van der Waals surface area (Å²) in [6, 6.07) is -0.0856. The maximum atomic E-state index is 11.4. The Morgan fingerprint density at radius 1 is 1.47 bits per heavy atom. The van der Waals surface area contributed by atoms with Gasteiger partial charge in [-0.2, -0.15) is 0 Å². The molecule has 0 aromatic carbocycles. The fraction of sp³-hybridized carbons (Fsp3) is 0.778. The maximum absolute atomic E-state index is 11.4. The quantitative estimate of drug-likeness (QED) is 0.845. The van der Waals surface area contributed by atoms with Crippen molar-refractivity contribution in [1.29, 1.82) is 0 Å². The molecule has 1 aliphatic heterocycles. The summed E-state index contributed by atoms with van der Waals surface area (Å²) in [6.45, 7) is 4.38. The van der Waals surface area contributed by atoms with Gasteiger partial charge in [0.25, 0.3) is 15.2 Å². The van der Waals surface area contributed by atoms with Gasteiger partial charge in [-0.25, -0.2) is 13.6 Å². The zero-order chi connectivity index (χ0) is 12.6. The lowest BCUT2D eigenvalue weighted by Crippen LogP contribution is -2.21. The molecule has 0 amide bonds. The third-order valence-electron chi connectivity index (χ3n) is 2.68. The molecule has 2 rings (SSSR count). The van der Waals surface area contributed by atoms with Crippen LogP contribution in [0.4, 0.5) is 0 Å². The second-order valence-corrected chi connectivity index (χ2v) is 5.81.